The quantitative estimate of drug-likeness (QED) is 0.628. The van der Waals surface area contributed by atoms with Crippen molar-refractivity contribution in [1.82, 2.24) is 0 Å². The van der Waals surface area contributed by atoms with Crippen molar-refractivity contribution >= 4 is 0 Å². The van der Waals surface area contributed by atoms with Crippen molar-refractivity contribution < 1.29 is 10.2 Å². The molecule has 1 atom stereocenters. The van der Waals surface area contributed by atoms with E-state index >= 15 is 0 Å². The Morgan fingerprint density at radius 3 is 1.60 bits per heavy atom. The van der Waals surface area contributed by atoms with Crippen LogP contribution >= 0.6 is 0 Å². The zero-order chi connectivity index (χ0) is 6.78. The third-order valence-electron chi connectivity index (χ3n) is 1.54. The summed E-state index contributed by atoms with van der Waals surface area (Å²) < 4.78 is 0. The number of hydrogen-bond donors (Lipinski definition) is 2. The van der Waals surface area contributed by atoms with Gasteiger partial charge < -0.3 is 10.2 Å². The number of aliphatic hydroxyl groups excluding tert-OH is 2. The van der Waals surface area contributed by atoms with Gasteiger partial charge in [-0.05, 0) is 6.92 Å². The van der Waals surface area contributed by atoms with Gasteiger partial charge >= 0.3 is 0 Å². The molecule has 0 spiro atoms. The van der Waals surface area contributed by atoms with Crippen LogP contribution in [0.3, 0.4) is 0 Å². The van der Waals surface area contributed by atoms with Crippen molar-refractivity contribution in [2.45, 2.75) is 41.7 Å². The Morgan fingerprint density at radius 2 is 1.60 bits per heavy atom. The molecule has 0 saturated heterocycles. The fraction of sp³-hybridized carbons (Fsp3) is 1.00. The van der Waals surface area contributed by atoms with Crippen LogP contribution in [-0.2, 0) is 0 Å². The largest absolute Gasteiger partial charge is 0.396 e. The minimum Gasteiger partial charge on any atom is -0.396 e. The number of hydrogen-bond acceptors (Lipinski definition) is 2. The van der Waals surface area contributed by atoms with E-state index in [4.69, 9.17) is 10.2 Å². The molecule has 1 unspecified atom stereocenters. The molecule has 2 N–H and O–H groups in total. The SMILES string of the molecule is C.C.CC(O)C(C)(C)CO. The van der Waals surface area contributed by atoms with Crippen LogP contribution in [0, 0.1) is 5.41 Å². The van der Waals surface area contributed by atoms with Gasteiger partial charge in [-0.25, -0.2) is 0 Å². The van der Waals surface area contributed by atoms with Crippen LogP contribution in [0.2, 0.25) is 0 Å². The summed E-state index contributed by atoms with van der Waals surface area (Å²) in [5.74, 6) is 0. The fourth-order valence-corrected chi connectivity index (χ4v) is 0.132. The van der Waals surface area contributed by atoms with Gasteiger partial charge in [0.25, 0.3) is 0 Å². The Labute approximate surface area is 64.9 Å². The van der Waals surface area contributed by atoms with Gasteiger partial charge in [-0.1, -0.05) is 28.7 Å². The first kappa shape index (κ1) is 16.5. The third kappa shape index (κ3) is 4.77. The lowest BCUT2D eigenvalue weighted by molar-refractivity contribution is 0.0202. The van der Waals surface area contributed by atoms with E-state index in [1.165, 1.54) is 0 Å². The van der Waals surface area contributed by atoms with Gasteiger partial charge in [0.05, 0.1) is 12.7 Å². The summed E-state index contributed by atoms with van der Waals surface area (Å²) in [6, 6.07) is 0. The molecule has 0 aromatic heterocycles. The summed E-state index contributed by atoms with van der Waals surface area (Å²) in [5, 5.41) is 17.5. The maximum Gasteiger partial charge on any atom is 0.0584 e. The van der Waals surface area contributed by atoms with Crippen LogP contribution in [0.15, 0.2) is 0 Å². The van der Waals surface area contributed by atoms with Crippen molar-refractivity contribution in [1.29, 1.82) is 0 Å². The first-order valence-electron chi connectivity index (χ1n) is 2.79. The van der Waals surface area contributed by atoms with E-state index in [-0.39, 0.29) is 26.9 Å². The lowest BCUT2D eigenvalue weighted by atomic mass is 9.89. The Morgan fingerprint density at radius 1 is 1.30 bits per heavy atom. The highest BCUT2D eigenvalue weighted by Crippen LogP contribution is 2.17. The average molecular weight is 150 g/mol. The van der Waals surface area contributed by atoms with Crippen LogP contribution in [0.4, 0.5) is 0 Å². The van der Waals surface area contributed by atoms with E-state index < -0.39 is 6.10 Å². The van der Waals surface area contributed by atoms with Gasteiger partial charge in [-0.3, -0.25) is 0 Å². The highest BCUT2D eigenvalue weighted by Gasteiger charge is 2.22. The first-order chi connectivity index (χ1) is 3.50. The number of aliphatic hydroxyl groups is 2. The Bertz CT molecular complexity index is 67.7. The maximum atomic E-state index is 8.92. The zero-order valence-electron chi connectivity index (χ0n) is 5.68. The summed E-state index contributed by atoms with van der Waals surface area (Å²) >= 11 is 0. The van der Waals surface area contributed by atoms with Gasteiger partial charge in [-0.2, -0.15) is 0 Å². The normalized spacial score (nSPS) is 12.9. The highest BCUT2D eigenvalue weighted by molar-refractivity contribution is 4.72. The van der Waals surface area contributed by atoms with Crippen LogP contribution in [0.25, 0.3) is 0 Å². The molecule has 0 aliphatic rings. The Balaban J connectivity index is -0.000000245. The molecule has 0 aliphatic carbocycles. The molecule has 2 nitrogen and oxygen atoms in total. The third-order valence-corrected chi connectivity index (χ3v) is 1.54. The Hall–Kier alpha value is -0.0800. The zero-order valence-corrected chi connectivity index (χ0v) is 5.68. The van der Waals surface area contributed by atoms with E-state index in [1.807, 2.05) is 13.8 Å². The van der Waals surface area contributed by atoms with Crippen molar-refractivity contribution in [2.75, 3.05) is 6.61 Å². The molecule has 0 rings (SSSR count). The van der Waals surface area contributed by atoms with Crippen molar-refractivity contribution in [3.63, 3.8) is 0 Å². The predicted octanol–water partition coefficient (Wildman–Crippen LogP) is 1.66. The summed E-state index contributed by atoms with van der Waals surface area (Å²) in [7, 11) is 0. The summed E-state index contributed by atoms with van der Waals surface area (Å²) in [5.41, 5.74) is -0.347. The smallest absolute Gasteiger partial charge is 0.0584 e. The molecule has 10 heavy (non-hydrogen) atoms. The molecule has 0 aromatic rings. The Kier molecular flexibility index (Phi) is 9.37. The topological polar surface area (TPSA) is 40.5 Å². The predicted molar refractivity (Wildman–Crippen MR) is 46.0 cm³/mol. The maximum absolute atomic E-state index is 8.92. The van der Waals surface area contributed by atoms with Crippen LogP contribution in [0.5, 0.6) is 0 Å². The molecular weight excluding hydrogens is 128 g/mol. The van der Waals surface area contributed by atoms with Crippen LogP contribution in [-0.4, -0.2) is 22.9 Å². The molecule has 66 valence electrons. The number of rotatable bonds is 2. The molecule has 0 aromatic carbocycles. The molecule has 0 bridgehead atoms. The van der Waals surface area contributed by atoms with E-state index in [0.717, 1.165) is 0 Å². The van der Waals surface area contributed by atoms with Gasteiger partial charge in [0.15, 0.2) is 0 Å². The molecule has 0 saturated carbocycles. The fourth-order valence-electron chi connectivity index (χ4n) is 0.132. The van der Waals surface area contributed by atoms with E-state index in [0.29, 0.717) is 0 Å². The minimum atomic E-state index is -0.438. The van der Waals surface area contributed by atoms with Crippen molar-refractivity contribution in [3.8, 4) is 0 Å². The molecule has 2 heteroatoms. The molecule has 0 radical (unpaired) electrons. The van der Waals surface area contributed by atoms with Crippen LogP contribution < -0.4 is 0 Å². The highest BCUT2D eigenvalue weighted by atomic mass is 16.3. The lowest BCUT2D eigenvalue weighted by Gasteiger charge is -2.24. The van der Waals surface area contributed by atoms with E-state index in [1.54, 1.807) is 6.92 Å². The van der Waals surface area contributed by atoms with Gasteiger partial charge in [0.1, 0.15) is 0 Å². The second-order valence-corrected chi connectivity index (χ2v) is 2.82. The lowest BCUT2D eigenvalue weighted by Crippen LogP contribution is -2.29. The summed E-state index contributed by atoms with van der Waals surface area (Å²) in [4.78, 5) is 0. The first-order valence-corrected chi connectivity index (χ1v) is 2.79. The van der Waals surface area contributed by atoms with E-state index in [9.17, 15) is 0 Å². The van der Waals surface area contributed by atoms with Crippen molar-refractivity contribution in [2.24, 2.45) is 5.41 Å². The van der Waals surface area contributed by atoms with Crippen LogP contribution in [0.1, 0.15) is 35.6 Å². The van der Waals surface area contributed by atoms with Gasteiger partial charge in [0.2, 0.25) is 0 Å². The summed E-state index contributed by atoms with van der Waals surface area (Å²) in [6.07, 6.45) is -0.438. The molecule has 0 heterocycles. The molecule has 0 aliphatic heterocycles. The van der Waals surface area contributed by atoms with E-state index in [2.05, 4.69) is 0 Å². The van der Waals surface area contributed by atoms with Gasteiger partial charge in [-0.15, -0.1) is 0 Å². The average Bonchev–Trinajstić information content (AvgIpc) is 1.67. The standard InChI is InChI=1S/C6H14O2.2CH4/c1-5(8)6(2,3)4-7;;/h5,7-8H,4H2,1-3H3;2*1H4. The van der Waals surface area contributed by atoms with Gasteiger partial charge in [0, 0.05) is 5.41 Å². The van der Waals surface area contributed by atoms with Crippen molar-refractivity contribution in [3.05, 3.63) is 0 Å². The summed E-state index contributed by atoms with van der Waals surface area (Å²) in [6.45, 7) is 5.34. The minimum absolute atomic E-state index is 0. The second kappa shape index (κ2) is 5.69. The molecule has 0 amide bonds. The second-order valence-electron chi connectivity index (χ2n) is 2.82. The monoisotopic (exact) mass is 150 g/mol. The molecular formula is C8H22O2. The molecule has 0 fully saturated rings.